The molecule has 1 aliphatic heterocycles. The predicted molar refractivity (Wildman–Crippen MR) is 98.7 cm³/mol. The Morgan fingerprint density at radius 1 is 1.21 bits per heavy atom. The Morgan fingerprint density at radius 3 is 3.04 bits per heavy atom. The van der Waals surface area contributed by atoms with Gasteiger partial charge in [0.2, 0.25) is 5.91 Å². The summed E-state index contributed by atoms with van der Waals surface area (Å²) in [4.78, 5) is 17.8. The van der Waals surface area contributed by atoms with E-state index in [0.717, 1.165) is 41.5 Å². The lowest BCUT2D eigenvalue weighted by Gasteiger charge is -2.27. The molecule has 2 aromatic carbocycles. The van der Waals surface area contributed by atoms with Crippen molar-refractivity contribution in [2.24, 2.45) is 0 Å². The number of benzene rings is 2. The molecule has 24 heavy (non-hydrogen) atoms. The quantitative estimate of drug-likeness (QED) is 0.773. The topological polar surface area (TPSA) is 48.1 Å². The molecule has 4 heteroatoms. The Bertz CT molecular complexity index is 897. The molecule has 0 aliphatic carbocycles. The number of aromatic nitrogens is 1. The molecule has 4 nitrogen and oxygen atoms in total. The molecule has 0 bridgehead atoms. The number of carbonyl (C=O) groups excluding carboxylic acids is 1. The molecule has 0 radical (unpaired) electrons. The number of hydrogen-bond donors (Lipinski definition) is 2. The van der Waals surface area contributed by atoms with Crippen LogP contribution in [0.1, 0.15) is 17.5 Å². The molecule has 0 atom stereocenters. The van der Waals surface area contributed by atoms with E-state index in [9.17, 15) is 4.79 Å². The van der Waals surface area contributed by atoms with Gasteiger partial charge < -0.3 is 15.2 Å². The molecule has 2 heterocycles. The van der Waals surface area contributed by atoms with E-state index in [4.69, 9.17) is 0 Å². The van der Waals surface area contributed by atoms with E-state index in [1.54, 1.807) is 0 Å². The van der Waals surface area contributed by atoms with Crippen LogP contribution in [0.25, 0.3) is 10.9 Å². The van der Waals surface area contributed by atoms with Crippen molar-refractivity contribution in [3.05, 3.63) is 59.8 Å². The number of nitrogens with zero attached hydrogens (tertiary/aromatic N) is 1. The van der Waals surface area contributed by atoms with Gasteiger partial charge in [0.15, 0.2) is 0 Å². The Labute approximate surface area is 141 Å². The first-order chi connectivity index (χ1) is 11.7. The minimum absolute atomic E-state index is 0.0222. The fourth-order valence-corrected chi connectivity index (χ4v) is 3.47. The second-order valence-electron chi connectivity index (χ2n) is 6.49. The Kier molecular flexibility index (Phi) is 3.73. The van der Waals surface area contributed by atoms with E-state index >= 15 is 0 Å². The van der Waals surface area contributed by atoms with Gasteiger partial charge in [0.1, 0.15) is 0 Å². The third-order valence-electron chi connectivity index (χ3n) is 4.70. The largest absolute Gasteiger partial charge is 0.374 e. The number of rotatable bonds is 3. The van der Waals surface area contributed by atoms with Gasteiger partial charge in [-0.15, -0.1) is 0 Å². The highest BCUT2D eigenvalue weighted by Gasteiger charge is 2.14. The van der Waals surface area contributed by atoms with Gasteiger partial charge in [-0.2, -0.15) is 0 Å². The van der Waals surface area contributed by atoms with Crippen LogP contribution in [0.5, 0.6) is 0 Å². The van der Waals surface area contributed by atoms with Crippen LogP contribution in [0, 0.1) is 0 Å². The maximum Gasteiger partial charge on any atom is 0.228 e. The zero-order valence-electron chi connectivity index (χ0n) is 13.8. The zero-order chi connectivity index (χ0) is 16.5. The van der Waals surface area contributed by atoms with Crippen molar-refractivity contribution in [2.75, 3.05) is 23.8 Å². The zero-order valence-corrected chi connectivity index (χ0v) is 13.8. The molecule has 1 aliphatic rings. The van der Waals surface area contributed by atoms with Crippen molar-refractivity contribution in [3.63, 3.8) is 0 Å². The number of carbonyl (C=O) groups is 1. The molecule has 0 unspecified atom stereocenters. The third-order valence-corrected chi connectivity index (χ3v) is 4.70. The Morgan fingerprint density at radius 2 is 2.12 bits per heavy atom. The molecular formula is C20H21N3O. The van der Waals surface area contributed by atoms with Crippen LogP contribution in [0.2, 0.25) is 0 Å². The molecule has 0 spiro atoms. The summed E-state index contributed by atoms with van der Waals surface area (Å²) in [7, 11) is 2.12. The molecule has 0 saturated heterocycles. The minimum atomic E-state index is 0.0222. The van der Waals surface area contributed by atoms with Crippen molar-refractivity contribution < 1.29 is 4.79 Å². The highest BCUT2D eigenvalue weighted by molar-refractivity contribution is 5.93. The summed E-state index contributed by atoms with van der Waals surface area (Å²) >= 11 is 0. The molecule has 122 valence electrons. The predicted octanol–water partition coefficient (Wildman–Crippen LogP) is 3.73. The van der Waals surface area contributed by atoms with Gasteiger partial charge in [0, 0.05) is 36.7 Å². The first-order valence-corrected chi connectivity index (χ1v) is 8.39. The molecule has 1 amide bonds. The fraction of sp³-hybridized carbons (Fsp3) is 0.250. The number of H-pyrrole nitrogens is 1. The van der Waals surface area contributed by atoms with Gasteiger partial charge in [-0.25, -0.2) is 0 Å². The van der Waals surface area contributed by atoms with Gasteiger partial charge >= 0.3 is 0 Å². The molecule has 4 rings (SSSR count). The molecule has 1 aromatic heterocycles. The van der Waals surface area contributed by atoms with E-state index in [2.05, 4.69) is 40.4 Å². The second-order valence-corrected chi connectivity index (χ2v) is 6.49. The third kappa shape index (κ3) is 2.87. The van der Waals surface area contributed by atoms with Gasteiger partial charge in [-0.1, -0.05) is 6.07 Å². The van der Waals surface area contributed by atoms with Gasteiger partial charge in [0.25, 0.3) is 0 Å². The van der Waals surface area contributed by atoms with Crippen LogP contribution in [0.3, 0.4) is 0 Å². The van der Waals surface area contributed by atoms with Crippen LogP contribution >= 0.6 is 0 Å². The van der Waals surface area contributed by atoms with Crippen molar-refractivity contribution in [2.45, 2.75) is 19.3 Å². The van der Waals surface area contributed by atoms with Crippen LogP contribution in [-0.2, 0) is 17.6 Å². The second kappa shape index (κ2) is 6.04. The normalized spacial score (nSPS) is 13.8. The first kappa shape index (κ1) is 14.8. The Balaban J connectivity index is 1.47. The number of aromatic amines is 1. The minimum Gasteiger partial charge on any atom is -0.374 e. The van der Waals surface area contributed by atoms with E-state index in [1.807, 2.05) is 30.5 Å². The fourth-order valence-electron chi connectivity index (χ4n) is 3.47. The lowest BCUT2D eigenvalue weighted by molar-refractivity contribution is -0.115. The van der Waals surface area contributed by atoms with Crippen molar-refractivity contribution in [3.8, 4) is 0 Å². The summed E-state index contributed by atoms with van der Waals surface area (Å²) in [5.41, 5.74) is 5.60. The number of fused-ring (bicyclic) bond motifs is 2. The highest BCUT2D eigenvalue weighted by Crippen LogP contribution is 2.28. The SMILES string of the molecule is CN1CCCc2cc(NC(=O)Cc3ccc4[nH]ccc4c3)ccc21. The van der Waals surface area contributed by atoms with E-state index in [1.165, 1.54) is 11.3 Å². The molecule has 0 fully saturated rings. The average molecular weight is 319 g/mol. The Hall–Kier alpha value is -2.75. The van der Waals surface area contributed by atoms with Crippen LogP contribution < -0.4 is 10.2 Å². The summed E-state index contributed by atoms with van der Waals surface area (Å²) in [5.74, 6) is 0.0222. The van der Waals surface area contributed by atoms with Crippen LogP contribution in [0.4, 0.5) is 11.4 Å². The lowest BCUT2D eigenvalue weighted by Crippen LogP contribution is -2.24. The smallest absolute Gasteiger partial charge is 0.228 e. The number of amides is 1. The van der Waals surface area contributed by atoms with Crippen LogP contribution in [0.15, 0.2) is 48.7 Å². The van der Waals surface area contributed by atoms with E-state index in [-0.39, 0.29) is 5.91 Å². The summed E-state index contributed by atoms with van der Waals surface area (Å²) in [6.07, 6.45) is 4.54. The number of hydrogen-bond acceptors (Lipinski definition) is 2. The highest BCUT2D eigenvalue weighted by atomic mass is 16.1. The maximum absolute atomic E-state index is 12.4. The molecule has 0 saturated carbocycles. The van der Waals surface area contributed by atoms with Gasteiger partial charge in [-0.05, 0) is 65.8 Å². The summed E-state index contributed by atoms with van der Waals surface area (Å²) in [6, 6.07) is 14.3. The standard InChI is InChI=1S/C20H21N3O/c1-23-10-2-3-16-13-17(5-7-19(16)23)22-20(24)12-14-4-6-18-15(11-14)8-9-21-18/h4-9,11,13,21H,2-3,10,12H2,1H3,(H,22,24). The van der Waals surface area contributed by atoms with Gasteiger partial charge in [-0.3, -0.25) is 4.79 Å². The van der Waals surface area contributed by atoms with Crippen LogP contribution in [-0.4, -0.2) is 24.5 Å². The summed E-state index contributed by atoms with van der Waals surface area (Å²) in [6.45, 7) is 1.10. The molecular weight excluding hydrogens is 298 g/mol. The molecule has 2 N–H and O–H groups in total. The summed E-state index contributed by atoms with van der Waals surface area (Å²) < 4.78 is 0. The summed E-state index contributed by atoms with van der Waals surface area (Å²) in [5, 5.41) is 4.17. The average Bonchev–Trinajstić information content (AvgIpc) is 3.02. The van der Waals surface area contributed by atoms with Gasteiger partial charge in [0.05, 0.1) is 6.42 Å². The van der Waals surface area contributed by atoms with Crippen molar-refractivity contribution >= 4 is 28.2 Å². The molecule has 3 aromatic rings. The number of nitrogens with one attached hydrogen (secondary N) is 2. The van der Waals surface area contributed by atoms with Crippen molar-refractivity contribution in [1.82, 2.24) is 4.98 Å². The first-order valence-electron chi connectivity index (χ1n) is 8.39. The maximum atomic E-state index is 12.4. The van der Waals surface area contributed by atoms with E-state index < -0.39 is 0 Å². The number of aryl methyl sites for hydroxylation is 1. The van der Waals surface area contributed by atoms with Crippen molar-refractivity contribution in [1.29, 1.82) is 0 Å². The number of anilines is 2. The lowest BCUT2D eigenvalue weighted by atomic mass is 10.0. The monoisotopic (exact) mass is 319 g/mol. The van der Waals surface area contributed by atoms with E-state index in [0.29, 0.717) is 6.42 Å².